The number of fused-ring (bicyclic) bond motifs is 3. The fourth-order valence-electron chi connectivity index (χ4n) is 17.9. The van der Waals surface area contributed by atoms with E-state index in [1.807, 2.05) is 0 Å². The zero-order valence-electron chi connectivity index (χ0n) is 69.6. The quantitative estimate of drug-likeness (QED) is 0.0627. The number of nitrogens with zero attached hydrogens (tertiary/aromatic N) is 4. The average molecular weight is 1590 g/mol. The lowest BCUT2D eigenvalue weighted by molar-refractivity contribution is 0.639. The van der Waals surface area contributed by atoms with Gasteiger partial charge in [0, 0.05) is 73.1 Å². The third kappa shape index (κ3) is 15.4. The highest BCUT2D eigenvalue weighted by molar-refractivity contribution is 6.01. The van der Waals surface area contributed by atoms with Crippen molar-refractivity contribution >= 4 is 89.7 Å². The van der Waals surface area contributed by atoms with Crippen LogP contribution in [0.15, 0.2) is 497 Å². The summed E-state index contributed by atoms with van der Waals surface area (Å²) in [5.41, 5.74) is 36.1. The van der Waals surface area contributed by atoms with Gasteiger partial charge in [-0.05, 0) is 263 Å². The van der Waals surface area contributed by atoms with E-state index in [-0.39, 0.29) is 5.41 Å². The molecule has 1 aliphatic rings. The second-order valence-corrected chi connectivity index (χ2v) is 32.6. The Balaban J connectivity index is 0.563. The fraction of sp³-hybridized carbons (Fsp3) is 0.0333. The molecule has 0 atom stereocenters. The van der Waals surface area contributed by atoms with Crippen LogP contribution in [0.2, 0.25) is 0 Å². The highest BCUT2D eigenvalue weighted by Gasteiger charge is 2.36. The summed E-state index contributed by atoms with van der Waals surface area (Å²) in [6, 6.07) is 170. The number of hydrogen-bond donors (Lipinski definition) is 0. The highest BCUT2D eigenvalue weighted by Crippen LogP contribution is 2.51. The Hall–Kier alpha value is -15.9. The minimum atomic E-state index is -0.258. The summed E-state index contributed by atoms with van der Waals surface area (Å²) in [5, 5.41) is 4.71. The standard InChI is InChI=1S/C120H90N4/c1-84(45-79-113-85(2)120(3,4)117-83-112(78-80-116(113)117)124(119-44-24-36-99-34-18-20-42-115(99)119)111-76-56-93(57-77-111)89-31-15-8-16-32-89)121(118-43-23-35-98-33-17-19-41-114(98)118)104-62-58-96(59-63-104)100-37-21-39-102(81-100)103-40-22-38-101(82-103)97-60-74-110(75-61-97)123(107-68-50-92(51-69-107)88-29-13-7-14-30-88)109-72-54-95(55-73-109)94-52-70-108(71-53-94)122(105-64-46-90(47-65-105)86-25-9-5-10-26-86)106-66-48-91(49-67-106)87-27-11-6-12-28-87/h5-83H,1H2,2-4H3/b79-45-. The molecule has 0 unspecified atom stereocenters. The first-order chi connectivity index (χ1) is 61.0. The smallest absolute Gasteiger partial charge is 0.0540 e. The van der Waals surface area contributed by atoms with Gasteiger partial charge < -0.3 is 19.6 Å². The minimum absolute atomic E-state index is 0.258. The topological polar surface area (TPSA) is 13.0 Å². The normalized spacial score (nSPS) is 12.2. The summed E-state index contributed by atoms with van der Waals surface area (Å²) >= 11 is 0. The van der Waals surface area contributed by atoms with Crippen molar-refractivity contribution in [2.75, 3.05) is 19.6 Å². The maximum Gasteiger partial charge on any atom is 0.0540 e. The summed E-state index contributed by atoms with van der Waals surface area (Å²) < 4.78 is 0. The van der Waals surface area contributed by atoms with Gasteiger partial charge in [-0.25, -0.2) is 0 Å². The van der Waals surface area contributed by atoms with Crippen LogP contribution in [0, 0.1) is 0 Å². The SMILES string of the molecule is C=C(/C=C\C1=C(C)C(C)(C)c2cc(N(c3ccc(-c4ccccc4)cc3)c3cccc4ccccc34)ccc21)N(c1ccc(-c2cccc(-c3cccc(-c4ccc(N(c5ccc(-c6ccccc6)cc5)c5ccc(-c6ccc(N(c7ccc(-c8ccccc8)cc7)c7ccc(-c8ccccc8)cc7)cc6)cc5)cc4)c3)c2)cc1)c1cccc2ccccc12. The molecule has 1 aliphatic carbocycles. The lowest BCUT2D eigenvalue weighted by Gasteiger charge is -2.29. The summed E-state index contributed by atoms with van der Waals surface area (Å²) in [5.74, 6) is 0. The molecule has 20 rings (SSSR count). The first-order valence-corrected chi connectivity index (χ1v) is 42.7. The molecule has 124 heavy (non-hydrogen) atoms. The Morgan fingerprint density at radius 2 is 0.492 bits per heavy atom. The van der Waals surface area contributed by atoms with Crippen molar-refractivity contribution in [2.45, 2.75) is 26.2 Å². The van der Waals surface area contributed by atoms with E-state index in [0.29, 0.717) is 0 Å². The average Bonchev–Trinajstić information content (AvgIpc) is 1.57. The second kappa shape index (κ2) is 33.7. The van der Waals surface area contributed by atoms with Gasteiger partial charge in [0.2, 0.25) is 0 Å². The monoisotopic (exact) mass is 1590 g/mol. The first-order valence-electron chi connectivity index (χ1n) is 42.7. The molecule has 0 heterocycles. The Kier molecular flexibility index (Phi) is 20.9. The van der Waals surface area contributed by atoms with E-state index in [2.05, 4.69) is 520 Å². The lowest BCUT2D eigenvalue weighted by atomic mass is 9.82. The van der Waals surface area contributed by atoms with Crippen molar-refractivity contribution in [3.8, 4) is 89.0 Å². The number of rotatable bonds is 22. The molecule has 0 radical (unpaired) electrons. The van der Waals surface area contributed by atoms with Crippen LogP contribution in [0.3, 0.4) is 0 Å². The van der Waals surface area contributed by atoms with Gasteiger partial charge in [0.05, 0.1) is 11.4 Å². The van der Waals surface area contributed by atoms with Gasteiger partial charge in [-0.15, -0.1) is 0 Å². The molecule has 0 saturated heterocycles. The molecule has 19 aromatic rings. The van der Waals surface area contributed by atoms with E-state index in [1.165, 1.54) is 82.9 Å². The second-order valence-electron chi connectivity index (χ2n) is 32.6. The Bertz CT molecular complexity index is 7030. The van der Waals surface area contributed by atoms with Crippen LogP contribution in [0.4, 0.5) is 62.6 Å². The molecule has 0 fully saturated rings. The van der Waals surface area contributed by atoms with Gasteiger partial charge in [0.25, 0.3) is 0 Å². The number of hydrogen-bond acceptors (Lipinski definition) is 4. The molecule has 0 saturated carbocycles. The van der Waals surface area contributed by atoms with Crippen molar-refractivity contribution in [1.29, 1.82) is 0 Å². The van der Waals surface area contributed by atoms with Crippen LogP contribution in [-0.2, 0) is 5.41 Å². The molecule has 0 aliphatic heterocycles. The maximum atomic E-state index is 4.90. The van der Waals surface area contributed by atoms with Crippen molar-refractivity contribution in [3.05, 3.63) is 508 Å². The van der Waals surface area contributed by atoms with Gasteiger partial charge >= 0.3 is 0 Å². The van der Waals surface area contributed by atoms with Gasteiger partial charge in [0.1, 0.15) is 0 Å². The van der Waals surface area contributed by atoms with E-state index >= 15 is 0 Å². The van der Waals surface area contributed by atoms with Crippen LogP contribution < -0.4 is 19.6 Å². The summed E-state index contributed by atoms with van der Waals surface area (Å²) in [7, 11) is 0. The summed E-state index contributed by atoms with van der Waals surface area (Å²) in [6.07, 6.45) is 4.51. The molecule has 4 nitrogen and oxygen atoms in total. The van der Waals surface area contributed by atoms with Crippen LogP contribution in [0.5, 0.6) is 0 Å². The summed E-state index contributed by atoms with van der Waals surface area (Å²) in [4.78, 5) is 9.45. The number of benzene rings is 19. The zero-order chi connectivity index (χ0) is 83.5. The molecular formula is C120H90N4. The molecular weight excluding hydrogens is 1500 g/mol. The van der Waals surface area contributed by atoms with E-state index in [1.54, 1.807) is 0 Å². The molecule has 19 aromatic carbocycles. The number of anilines is 11. The third-order valence-corrected chi connectivity index (χ3v) is 24.8. The zero-order valence-corrected chi connectivity index (χ0v) is 69.6. The third-order valence-electron chi connectivity index (χ3n) is 24.8. The van der Waals surface area contributed by atoms with Crippen LogP contribution in [-0.4, -0.2) is 0 Å². The molecule has 4 heteroatoms. The van der Waals surface area contributed by atoms with Crippen molar-refractivity contribution < 1.29 is 0 Å². The summed E-state index contributed by atoms with van der Waals surface area (Å²) in [6.45, 7) is 11.9. The van der Waals surface area contributed by atoms with E-state index < -0.39 is 0 Å². The molecule has 0 amide bonds. The Morgan fingerprint density at radius 1 is 0.234 bits per heavy atom. The molecule has 0 spiro atoms. The molecule has 0 bridgehead atoms. The van der Waals surface area contributed by atoms with Crippen LogP contribution >= 0.6 is 0 Å². The van der Waals surface area contributed by atoms with Gasteiger partial charge in [-0.1, -0.05) is 366 Å². The van der Waals surface area contributed by atoms with E-state index in [0.717, 1.165) is 118 Å². The first kappa shape index (κ1) is 76.8. The predicted octanol–water partition coefficient (Wildman–Crippen LogP) is 33.7. The Morgan fingerprint density at radius 3 is 0.855 bits per heavy atom. The van der Waals surface area contributed by atoms with Crippen molar-refractivity contribution in [1.82, 2.24) is 0 Å². The molecule has 0 N–H and O–H groups in total. The van der Waals surface area contributed by atoms with Gasteiger partial charge in [0.15, 0.2) is 0 Å². The van der Waals surface area contributed by atoms with E-state index in [9.17, 15) is 0 Å². The fourth-order valence-corrected chi connectivity index (χ4v) is 17.9. The lowest BCUT2D eigenvalue weighted by Crippen LogP contribution is -2.17. The Labute approximate surface area is 727 Å². The maximum absolute atomic E-state index is 4.90. The van der Waals surface area contributed by atoms with Gasteiger partial charge in [-0.3, -0.25) is 0 Å². The number of allylic oxidation sites excluding steroid dienone is 4. The molecule has 590 valence electrons. The van der Waals surface area contributed by atoms with Crippen molar-refractivity contribution in [2.24, 2.45) is 0 Å². The molecule has 0 aromatic heterocycles. The highest BCUT2D eigenvalue weighted by atomic mass is 15.2. The minimum Gasteiger partial charge on any atom is -0.311 e. The van der Waals surface area contributed by atoms with Crippen molar-refractivity contribution in [3.63, 3.8) is 0 Å². The van der Waals surface area contributed by atoms with Crippen LogP contribution in [0.25, 0.3) is 116 Å². The largest absolute Gasteiger partial charge is 0.311 e. The predicted molar refractivity (Wildman–Crippen MR) is 528 cm³/mol. The van der Waals surface area contributed by atoms with Gasteiger partial charge in [-0.2, -0.15) is 0 Å². The van der Waals surface area contributed by atoms with E-state index in [4.69, 9.17) is 6.58 Å². The van der Waals surface area contributed by atoms with Crippen LogP contribution in [0.1, 0.15) is 31.9 Å².